The smallest absolute Gasteiger partial charge is 0.205 e. The van der Waals surface area contributed by atoms with Crippen molar-refractivity contribution in [1.82, 2.24) is 4.98 Å². The summed E-state index contributed by atoms with van der Waals surface area (Å²) in [7, 11) is 0. The van der Waals surface area contributed by atoms with Crippen LogP contribution in [0.2, 0.25) is 0 Å². The summed E-state index contributed by atoms with van der Waals surface area (Å²) < 4.78 is 7.41. The average molecular weight is 445 g/mol. The molecule has 1 aromatic heterocycles. The van der Waals surface area contributed by atoms with Crippen molar-refractivity contribution in [2.24, 2.45) is 5.73 Å². The molecule has 0 amide bonds. The van der Waals surface area contributed by atoms with Crippen molar-refractivity contribution in [2.75, 3.05) is 0 Å². The Morgan fingerprint density at radius 1 is 1.17 bits per heavy atom. The number of allylic oxidation sites excluding steroid dienone is 1. The second-order valence-electron chi connectivity index (χ2n) is 5.52. The van der Waals surface area contributed by atoms with Crippen LogP contribution in [0, 0.1) is 11.3 Å². The van der Waals surface area contributed by atoms with Gasteiger partial charge in [0, 0.05) is 27.1 Å². The maximum absolute atomic E-state index is 9.67. The number of para-hydroxylation sites is 1. The lowest BCUT2D eigenvalue weighted by Crippen LogP contribution is -2.21. The molecule has 1 aliphatic rings. The van der Waals surface area contributed by atoms with Crippen LogP contribution in [-0.4, -0.2) is 4.98 Å². The van der Waals surface area contributed by atoms with E-state index in [2.05, 4.69) is 42.9 Å². The molecule has 2 aromatic carbocycles. The molecule has 4 nitrogen and oxygen atoms in total. The summed E-state index contributed by atoms with van der Waals surface area (Å²) in [5, 5.41) is 10.7. The number of benzene rings is 2. The molecule has 2 heterocycles. The van der Waals surface area contributed by atoms with Crippen molar-refractivity contribution in [3.63, 3.8) is 0 Å². The third kappa shape index (κ3) is 2.24. The lowest BCUT2D eigenvalue weighted by atomic mass is 9.83. The lowest BCUT2D eigenvalue weighted by Gasteiger charge is -2.27. The molecule has 0 saturated carbocycles. The Morgan fingerprint density at radius 2 is 1.96 bits per heavy atom. The number of nitrogens with one attached hydrogen (secondary N) is 1. The zero-order valence-corrected chi connectivity index (χ0v) is 15.5. The SMILES string of the molecule is N#CC1=C(N)Oc2c(Br)cc(Br)cc2C1c1c[nH]c2ccccc12. The quantitative estimate of drug-likeness (QED) is 0.559. The van der Waals surface area contributed by atoms with Crippen LogP contribution in [0.4, 0.5) is 0 Å². The number of H-pyrrole nitrogens is 1. The average Bonchev–Trinajstić information content (AvgIpc) is 2.98. The van der Waals surface area contributed by atoms with Gasteiger partial charge in [-0.3, -0.25) is 0 Å². The van der Waals surface area contributed by atoms with Gasteiger partial charge in [0.15, 0.2) is 0 Å². The summed E-state index contributed by atoms with van der Waals surface area (Å²) in [6, 6.07) is 14.1. The van der Waals surface area contributed by atoms with Gasteiger partial charge in [-0.2, -0.15) is 5.26 Å². The molecule has 6 heteroatoms. The minimum absolute atomic E-state index is 0.142. The van der Waals surface area contributed by atoms with E-state index in [1.807, 2.05) is 42.6 Å². The zero-order chi connectivity index (χ0) is 16.8. The van der Waals surface area contributed by atoms with Crippen LogP contribution < -0.4 is 10.5 Å². The largest absolute Gasteiger partial charge is 0.439 e. The number of hydrogen-bond acceptors (Lipinski definition) is 3. The van der Waals surface area contributed by atoms with E-state index in [4.69, 9.17) is 10.5 Å². The van der Waals surface area contributed by atoms with Gasteiger partial charge < -0.3 is 15.5 Å². The Kier molecular flexibility index (Phi) is 3.63. The highest BCUT2D eigenvalue weighted by atomic mass is 79.9. The maximum atomic E-state index is 9.67. The fraction of sp³-hybridized carbons (Fsp3) is 0.0556. The summed E-state index contributed by atoms with van der Waals surface area (Å²) in [6.45, 7) is 0. The van der Waals surface area contributed by atoms with Crippen molar-refractivity contribution < 1.29 is 4.74 Å². The van der Waals surface area contributed by atoms with Crippen LogP contribution in [0.25, 0.3) is 10.9 Å². The van der Waals surface area contributed by atoms with E-state index in [0.717, 1.165) is 31.0 Å². The molecule has 1 unspecified atom stereocenters. The second kappa shape index (κ2) is 5.69. The number of aromatic amines is 1. The molecule has 1 aliphatic heterocycles. The Labute approximate surface area is 155 Å². The Bertz CT molecular complexity index is 1050. The summed E-state index contributed by atoms with van der Waals surface area (Å²) in [5.41, 5.74) is 9.37. The van der Waals surface area contributed by atoms with Crippen LogP contribution in [-0.2, 0) is 0 Å². The number of fused-ring (bicyclic) bond motifs is 2. The van der Waals surface area contributed by atoms with Gasteiger partial charge in [0.05, 0.1) is 10.4 Å². The Balaban J connectivity index is 2.05. The molecule has 0 aliphatic carbocycles. The molecule has 1 atom stereocenters. The van der Waals surface area contributed by atoms with Crippen LogP contribution in [0.1, 0.15) is 17.0 Å². The van der Waals surface area contributed by atoms with Gasteiger partial charge in [-0.1, -0.05) is 34.1 Å². The minimum Gasteiger partial charge on any atom is -0.439 e. The number of hydrogen-bond donors (Lipinski definition) is 2. The number of rotatable bonds is 1. The summed E-state index contributed by atoms with van der Waals surface area (Å²) in [6.07, 6.45) is 1.93. The maximum Gasteiger partial charge on any atom is 0.205 e. The molecule has 0 spiro atoms. The first-order valence-corrected chi connectivity index (χ1v) is 8.81. The molecular weight excluding hydrogens is 434 g/mol. The Morgan fingerprint density at radius 3 is 2.75 bits per heavy atom. The zero-order valence-electron chi connectivity index (χ0n) is 12.3. The van der Waals surface area contributed by atoms with Crippen LogP contribution in [0.3, 0.4) is 0 Å². The fourth-order valence-electron chi connectivity index (χ4n) is 3.14. The highest BCUT2D eigenvalue weighted by Crippen LogP contribution is 2.47. The molecule has 0 saturated heterocycles. The van der Waals surface area contributed by atoms with Crippen LogP contribution >= 0.6 is 31.9 Å². The lowest BCUT2D eigenvalue weighted by molar-refractivity contribution is 0.391. The molecule has 3 N–H and O–H groups in total. The van der Waals surface area contributed by atoms with Gasteiger partial charge in [0.25, 0.3) is 0 Å². The number of halogens is 2. The van der Waals surface area contributed by atoms with Crippen molar-refractivity contribution in [3.05, 3.63) is 74.1 Å². The molecule has 3 aromatic rings. The molecule has 0 radical (unpaired) electrons. The molecule has 0 fully saturated rings. The molecule has 0 bridgehead atoms. The standard InChI is InChI=1S/C18H11Br2N3O/c19-9-5-11-16(13-8-23-15-4-2-1-3-10(13)15)12(7-21)18(22)24-17(11)14(20)6-9/h1-6,8,16,23H,22H2. The van der Waals surface area contributed by atoms with Gasteiger partial charge in [-0.05, 0) is 39.7 Å². The third-order valence-electron chi connectivity index (χ3n) is 4.17. The van der Waals surface area contributed by atoms with Crippen molar-refractivity contribution in [2.45, 2.75) is 5.92 Å². The summed E-state index contributed by atoms with van der Waals surface area (Å²) in [5.74, 6) is 0.497. The molecule has 118 valence electrons. The van der Waals surface area contributed by atoms with Crippen LogP contribution in [0.15, 0.2) is 63.0 Å². The highest BCUT2D eigenvalue weighted by Gasteiger charge is 2.33. The van der Waals surface area contributed by atoms with Gasteiger partial charge in [0.1, 0.15) is 17.4 Å². The number of nitriles is 1. The predicted octanol–water partition coefficient (Wildman–Crippen LogP) is 4.91. The van der Waals surface area contributed by atoms with Gasteiger partial charge in [-0.25, -0.2) is 0 Å². The van der Waals surface area contributed by atoms with Gasteiger partial charge >= 0.3 is 0 Å². The number of ether oxygens (including phenoxy) is 1. The summed E-state index contributed by atoms with van der Waals surface area (Å²) >= 11 is 7.03. The van der Waals surface area contributed by atoms with Crippen molar-refractivity contribution in [3.8, 4) is 11.8 Å². The molecule has 4 rings (SSSR count). The van der Waals surface area contributed by atoms with Gasteiger partial charge in [-0.15, -0.1) is 0 Å². The molecular formula is C18H11Br2N3O. The van der Waals surface area contributed by atoms with Crippen molar-refractivity contribution >= 4 is 42.8 Å². The first-order chi connectivity index (χ1) is 11.6. The van der Waals surface area contributed by atoms with Crippen LogP contribution in [0.5, 0.6) is 5.75 Å². The normalized spacial score (nSPS) is 16.6. The monoisotopic (exact) mass is 443 g/mol. The summed E-state index contributed by atoms with van der Waals surface area (Å²) in [4.78, 5) is 3.27. The fourth-order valence-corrected chi connectivity index (χ4v) is 4.48. The van der Waals surface area contributed by atoms with E-state index in [0.29, 0.717) is 11.3 Å². The predicted molar refractivity (Wildman–Crippen MR) is 99.4 cm³/mol. The first-order valence-electron chi connectivity index (χ1n) is 7.22. The van der Waals surface area contributed by atoms with E-state index in [1.165, 1.54) is 0 Å². The second-order valence-corrected chi connectivity index (χ2v) is 7.29. The highest BCUT2D eigenvalue weighted by molar-refractivity contribution is 9.11. The van der Waals surface area contributed by atoms with Crippen molar-refractivity contribution in [1.29, 1.82) is 5.26 Å². The number of nitrogens with two attached hydrogens (primary N) is 1. The van der Waals surface area contributed by atoms with E-state index in [-0.39, 0.29) is 11.8 Å². The van der Waals surface area contributed by atoms with E-state index in [1.54, 1.807) is 0 Å². The van der Waals surface area contributed by atoms with Gasteiger partial charge in [0.2, 0.25) is 5.88 Å². The number of nitrogens with zero attached hydrogens (tertiary/aromatic N) is 1. The first kappa shape index (κ1) is 15.3. The topological polar surface area (TPSA) is 74.8 Å². The Hall–Kier alpha value is -2.23. The van der Waals surface area contributed by atoms with E-state index < -0.39 is 0 Å². The minimum atomic E-state index is -0.288. The van der Waals surface area contributed by atoms with E-state index in [9.17, 15) is 5.26 Å². The third-order valence-corrected chi connectivity index (χ3v) is 5.21. The molecule has 24 heavy (non-hydrogen) atoms. The van der Waals surface area contributed by atoms with E-state index >= 15 is 0 Å². The number of aromatic nitrogens is 1.